The summed E-state index contributed by atoms with van der Waals surface area (Å²) in [6.45, 7) is 0. The van der Waals surface area contributed by atoms with Crippen molar-refractivity contribution in [2.24, 2.45) is 0 Å². The molecule has 0 saturated heterocycles. The zero-order valence-electron chi connectivity index (χ0n) is 15.2. The van der Waals surface area contributed by atoms with Gasteiger partial charge in [0.15, 0.2) is 0 Å². The predicted molar refractivity (Wildman–Crippen MR) is 120 cm³/mol. The van der Waals surface area contributed by atoms with E-state index in [1.165, 1.54) is 48.4 Å². The highest BCUT2D eigenvalue weighted by atomic mass is 32.2. The molecular formula is C26H17NS. The molecule has 5 aromatic rings. The lowest BCUT2D eigenvalue weighted by Gasteiger charge is -2.33. The summed E-state index contributed by atoms with van der Waals surface area (Å²) in [7, 11) is 0. The van der Waals surface area contributed by atoms with Crippen molar-refractivity contribution >= 4 is 50.4 Å². The number of fused-ring (bicyclic) bond motifs is 5. The molecule has 0 amide bonds. The fourth-order valence-electron chi connectivity index (χ4n) is 4.18. The van der Waals surface area contributed by atoms with Crippen LogP contribution in [-0.4, -0.2) is 0 Å². The first-order chi connectivity index (χ1) is 13.9. The van der Waals surface area contributed by atoms with E-state index >= 15 is 0 Å². The zero-order chi connectivity index (χ0) is 18.5. The van der Waals surface area contributed by atoms with Gasteiger partial charge < -0.3 is 4.90 Å². The van der Waals surface area contributed by atoms with Crippen LogP contribution in [0.2, 0.25) is 0 Å². The Morgan fingerprint density at radius 3 is 1.71 bits per heavy atom. The molecule has 1 nitrogen and oxygen atoms in total. The molecule has 0 aliphatic carbocycles. The summed E-state index contributed by atoms with van der Waals surface area (Å²) in [6, 6.07) is 37.1. The number of para-hydroxylation sites is 2. The minimum atomic E-state index is 1.23. The minimum absolute atomic E-state index is 1.23. The highest BCUT2D eigenvalue weighted by Crippen LogP contribution is 2.52. The molecule has 0 atom stereocenters. The lowest BCUT2D eigenvalue weighted by Crippen LogP contribution is -2.15. The molecule has 5 aromatic carbocycles. The van der Waals surface area contributed by atoms with Crippen molar-refractivity contribution in [1.82, 2.24) is 0 Å². The Labute approximate surface area is 168 Å². The second-order valence-corrected chi connectivity index (χ2v) is 8.12. The van der Waals surface area contributed by atoms with Crippen LogP contribution < -0.4 is 4.90 Å². The van der Waals surface area contributed by atoms with E-state index in [0.717, 1.165) is 0 Å². The van der Waals surface area contributed by atoms with E-state index < -0.39 is 0 Å². The zero-order valence-corrected chi connectivity index (χ0v) is 16.0. The van der Waals surface area contributed by atoms with Crippen LogP contribution in [0.15, 0.2) is 113 Å². The van der Waals surface area contributed by atoms with Gasteiger partial charge in [-0.2, -0.15) is 0 Å². The Hall–Kier alpha value is -3.23. The largest absolute Gasteiger partial charge is 0.308 e. The average Bonchev–Trinajstić information content (AvgIpc) is 2.77. The maximum absolute atomic E-state index is 2.43. The fourth-order valence-corrected chi connectivity index (χ4v) is 5.24. The Balaban J connectivity index is 1.75. The fraction of sp³-hybridized carbons (Fsp3) is 0. The van der Waals surface area contributed by atoms with E-state index in [-0.39, 0.29) is 0 Å². The predicted octanol–water partition coefficient (Wildman–Crippen LogP) is 7.93. The molecule has 6 rings (SSSR count). The summed E-state index contributed by atoms with van der Waals surface area (Å²) in [5, 5.41) is 5.14. The molecule has 0 radical (unpaired) electrons. The van der Waals surface area contributed by atoms with Crippen LogP contribution in [0, 0.1) is 0 Å². The number of anilines is 3. The third-order valence-electron chi connectivity index (χ3n) is 5.42. The van der Waals surface area contributed by atoms with E-state index in [4.69, 9.17) is 0 Å². The van der Waals surface area contributed by atoms with Crippen LogP contribution in [0.25, 0.3) is 21.5 Å². The van der Waals surface area contributed by atoms with E-state index in [0.29, 0.717) is 0 Å². The molecule has 28 heavy (non-hydrogen) atoms. The lowest BCUT2D eigenvalue weighted by molar-refractivity contribution is 1.17. The van der Waals surface area contributed by atoms with Gasteiger partial charge in [-0.25, -0.2) is 0 Å². The highest BCUT2D eigenvalue weighted by molar-refractivity contribution is 7.99. The van der Waals surface area contributed by atoms with Crippen molar-refractivity contribution in [3.63, 3.8) is 0 Å². The lowest BCUT2D eigenvalue weighted by atomic mass is 9.99. The monoisotopic (exact) mass is 375 g/mol. The topological polar surface area (TPSA) is 3.24 Å². The summed E-state index contributed by atoms with van der Waals surface area (Å²) in [5.74, 6) is 0. The second-order valence-electron chi connectivity index (χ2n) is 7.04. The van der Waals surface area contributed by atoms with Gasteiger partial charge in [0.1, 0.15) is 0 Å². The Kier molecular flexibility index (Phi) is 3.47. The van der Waals surface area contributed by atoms with E-state index in [1.54, 1.807) is 0 Å². The first-order valence-electron chi connectivity index (χ1n) is 9.47. The van der Waals surface area contributed by atoms with Gasteiger partial charge >= 0.3 is 0 Å². The number of hydrogen-bond acceptors (Lipinski definition) is 2. The molecule has 0 N–H and O–H groups in total. The maximum atomic E-state index is 2.43. The van der Waals surface area contributed by atoms with Gasteiger partial charge in [-0.05, 0) is 46.5 Å². The van der Waals surface area contributed by atoms with Gasteiger partial charge in [-0.15, -0.1) is 0 Å². The molecule has 0 saturated carbocycles. The number of rotatable bonds is 1. The standard InChI is InChI=1S/C26H17NS/c1-2-10-19-18(9-1)17-24(21-12-4-3-11-20(19)21)27-22-13-5-7-15-25(22)28-26-16-8-6-14-23(26)27/h1-17H. The molecule has 2 heteroatoms. The summed E-state index contributed by atoms with van der Waals surface area (Å²) in [6.07, 6.45) is 0. The smallest absolute Gasteiger partial charge is 0.0601 e. The molecule has 0 fully saturated rings. The van der Waals surface area contributed by atoms with Crippen LogP contribution in [0.4, 0.5) is 17.1 Å². The molecule has 0 aromatic heterocycles. The summed E-state index contributed by atoms with van der Waals surface area (Å²) < 4.78 is 0. The summed E-state index contributed by atoms with van der Waals surface area (Å²) in [5.41, 5.74) is 3.72. The first kappa shape index (κ1) is 15.8. The maximum Gasteiger partial charge on any atom is 0.0601 e. The number of hydrogen-bond donors (Lipinski definition) is 0. The van der Waals surface area contributed by atoms with Crippen molar-refractivity contribution < 1.29 is 0 Å². The van der Waals surface area contributed by atoms with Crippen LogP contribution in [0.1, 0.15) is 0 Å². The van der Waals surface area contributed by atoms with Gasteiger partial charge in [0.25, 0.3) is 0 Å². The van der Waals surface area contributed by atoms with Gasteiger partial charge in [0.05, 0.1) is 17.1 Å². The molecule has 132 valence electrons. The van der Waals surface area contributed by atoms with Crippen LogP contribution in [-0.2, 0) is 0 Å². The van der Waals surface area contributed by atoms with Crippen LogP contribution >= 0.6 is 11.8 Å². The quantitative estimate of drug-likeness (QED) is 0.268. The van der Waals surface area contributed by atoms with E-state index in [2.05, 4.69) is 108 Å². The van der Waals surface area contributed by atoms with Crippen LogP contribution in [0.5, 0.6) is 0 Å². The summed E-state index contributed by atoms with van der Waals surface area (Å²) >= 11 is 1.85. The number of benzene rings is 5. The Bertz CT molecular complexity index is 1310. The van der Waals surface area contributed by atoms with E-state index in [9.17, 15) is 0 Å². The second kappa shape index (κ2) is 6.15. The SMILES string of the molecule is c1ccc2c(c1)Sc1ccccc1N2c1cc2ccccc2c2ccccc12. The first-order valence-corrected chi connectivity index (χ1v) is 10.3. The average molecular weight is 375 g/mol. The molecule has 1 aliphatic rings. The van der Waals surface area contributed by atoms with Crippen molar-refractivity contribution in [3.05, 3.63) is 103 Å². The molecule has 1 aliphatic heterocycles. The van der Waals surface area contributed by atoms with Crippen LogP contribution in [0.3, 0.4) is 0 Å². The Morgan fingerprint density at radius 2 is 1.00 bits per heavy atom. The van der Waals surface area contributed by atoms with E-state index in [1.807, 2.05) is 11.8 Å². The van der Waals surface area contributed by atoms with Crippen molar-refractivity contribution in [3.8, 4) is 0 Å². The molecule has 0 bridgehead atoms. The van der Waals surface area contributed by atoms with Crippen molar-refractivity contribution in [2.75, 3.05) is 4.90 Å². The van der Waals surface area contributed by atoms with Crippen molar-refractivity contribution in [1.29, 1.82) is 0 Å². The van der Waals surface area contributed by atoms with Gasteiger partial charge in [0.2, 0.25) is 0 Å². The van der Waals surface area contributed by atoms with Gasteiger partial charge in [-0.3, -0.25) is 0 Å². The Morgan fingerprint density at radius 1 is 0.464 bits per heavy atom. The highest BCUT2D eigenvalue weighted by Gasteiger charge is 2.25. The third-order valence-corrected chi connectivity index (χ3v) is 6.55. The number of nitrogens with zero attached hydrogens (tertiary/aromatic N) is 1. The normalized spacial score (nSPS) is 12.8. The van der Waals surface area contributed by atoms with Crippen molar-refractivity contribution in [2.45, 2.75) is 9.79 Å². The molecule has 0 unspecified atom stereocenters. The van der Waals surface area contributed by atoms with Gasteiger partial charge in [-0.1, -0.05) is 84.6 Å². The third kappa shape index (κ3) is 2.28. The molecule has 1 heterocycles. The minimum Gasteiger partial charge on any atom is -0.308 e. The summed E-state index contributed by atoms with van der Waals surface area (Å²) in [4.78, 5) is 5.01. The van der Waals surface area contributed by atoms with Gasteiger partial charge in [0, 0.05) is 15.2 Å². The molecular weight excluding hydrogens is 358 g/mol. The molecule has 0 spiro atoms.